The molecule has 1 aromatic rings. The number of rotatable bonds is 2. The lowest BCUT2D eigenvalue weighted by atomic mass is 10.1. The molecule has 1 heterocycles. The van der Waals surface area contributed by atoms with E-state index in [1.807, 2.05) is 0 Å². The van der Waals surface area contributed by atoms with E-state index >= 15 is 0 Å². The molecule has 1 aromatic carbocycles. The van der Waals surface area contributed by atoms with Crippen molar-refractivity contribution < 1.29 is 19.1 Å². The fourth-order valence-electron chi connectivity index (χ4n) is 2.47. The summed E-state index contributed by atoms with van der Waals surface area (Å²) in [5, 5.41) is 0. The average molecular weight is 347 g/mol. The van der Waals surface area contributed by atoms with E-state index in [4.69, 9.17) is 4.74 Å². The van der Waals surface area contributed by atoms with Crippen molar-refractivity contribution in [3.05, 3.63) is 29.8 Å². The largest absolute Gasteiger partial charge is 0.444 e. The number of hydrogen-bond acceptors (Lipinski definition) is 4. The van der Waals surface area contributed by atoms with Gasteiger partial charge in [0.15, 0.2) is 0 Å². The van der Waals surface area contributed by atoms with Gasteiger partial charge in [-0.2, -0.15) is 0 Å². The zero-order valence-electron chi connectivity index (χ0n) is 15.4. The van der Waals surface area contributed by atoms with Crippen molar-refractivity contribution in [3.63, 3.8) is 0 Å². The molecule has 0 unspecified atom stereocenters. The van der Waals surface area contributed by atoms with E-state index < -0.39 is 11.7 Å². The van der Waals surface area contributed by atoms with Gasteiger partial charge >= 0.3 is 6.09 Å². The summed E-state index contributed by atoms with van der Waals surface area (Å²) in [4.78, 5) is 40.9. The molecule has 0 radical (unpaired) electrons. The number of amides is 3. The van der Waals surface area contributed by atoms with Crippen molar-refractivity contribution in [2.45, 2.75) is 26.4 Å². The first-order valence-corrected chi connectivity index (χ1v) is 8.18. The Morgan fingerprint density at radius 1 is 1.08 bits per heavy atom. The van der Waals surface area contributed by atoms with Crippen LogP contribution in [0.4, 0.5) is 10.5 Å². The lowest BCUT2D eigenvalue weighted by Crippen LogP contribution is -2.53. The Morgan fingerprint density at radius 2 is 1.68 bits per heavy atom. The Bertz CT molecular complexity index is 662. The molecule has 2 rings (SSSR count). The fourth-order valence-corrected chi connectivity index (χ4v) is 2.47. The van der Waals surface area contributed by atoms with Crippen molar-refractivity contribution >= 4 is 23.6 Å². The van der Waals surface area contributed by atoms with Gasteiger partial charge in [-0.3, -0.25) is 14.5 Å². The smallest absolute Gasteiger partial charge is 0.410 e. The van der Waals surface area contributed by atoms with Crippen LogP contribution in [0, 0.1) is 0 Å². The van der Waals surface area contributed by atoms with Gasteiger partial charge < -0.3 is 14.5 Å². The third kappa shape index (κ3) is 4.71. The summed E-state index contributed by atoms with van der Waals surface area (Å²) in [5.74, 6) is -0.267. The zero-order valence-corrected chi connectivity index (χ0v) is 15.4. The normalized spacial score (nSPS) is 15.2. The highest BCUT2D eigenvalue weighted by Gasteiger charge is 2.30. The molecule has 1 aliphatic rings. The Hall–Kier alpha value is -2.57. The second kappa shape index (κ2) is 7.13. The maximum Gasteiger partial charge on any atom is 0.410 e. The van der Waals surface area contributed by atoms with Gasteiger partial charge in [-0.05, 0) is 45.0 Å². The lowest BCUT2D eigenvalue weighted by molar-refractivity contribution is -0.121. The van der Waals surface area contributed by atoms with Crippen LogP contribution in [0.3, 0.4) is 0 Å². The van der Waals surface area contributed by atoms with Gasteiger partial charge in [0, 0.05) is 38.4 Å². The van der Waals surface area contributed by atoms with Crippen LogP contribution in [0.1, 0.15) is 31.1 Å². The quantitative estimate of drug-likeness (QED) is 0.820. The van der Waals surface area contributed by atoms with Crippen LogP contribution < -0.4 is 4.90 Å². The van der Waals surface area contributed by atoms with Gasteiger partial charge in [-0.25, -0.2) is 4.79 Å². The van der Waals surface area contributed by atoms with Gasteiger partial charge in [0.25, 0.3) is 5.91 Å². The third-order valence-electron chi connectivity index (χ3n) is 3.70. The summed E-state index contributed by atoms with van der Waals surface area (Å²) >= 11 is 0. The number of nitrogens with zero attached hydrogens (tertiary/aromatic N) is 3. The minimum absolute atomic E-state index is 0.0205. The SMILES string of the molecule is CN(C)C(=O)c1ccc(N2CCN(C(=O)OC(C)(C)C)CC2=O)cc1. The average Bonchev–Trinajstić information content (AvgIpc) is 2.52. The second-order valence-electron chi connectivity index (χ2n) is 7.19. The van der Waals surface area contributed by atoms with Crippen LogP contribution in [-0.2, 0) is 9.53 Å². The number of piperazine rings is 1. The molecule has 0 spiro atoms. The first-order valence-electron chi connectivity index (χ1n) is 8.18. The van der Waals surface area contributed by atoms with Crippen LogP contribution in [0.5, 0.6) is 0 Å². The highest BCUT2D eigenvalue weighted by atomic mass is 16.6. The van der Waals surface area contributed by atoms with Crippen LogP contribution in [0.25, 0.3) is 0 Å². The topological polar surface area (TPSA) is 70.2 Å². The van der Waals surface area contributed by atoms with Crippen LogP contribution >= 0.6 is 0 Å². The van der Waals surface area contributed by atoms with E-state index in [0.717, 1.165) is 0 Å². The van der Waals surface area contributed by atoms with Gasteiger partial charge in [0.1, 0.15) is 12.1 Å². The van der Waals surface area contributed by atoms with Crippen molar-refractivity contribution in [2.24, 2.45) is 0 Å². The fraction of sp³-hybridized carbons (Fsp3) is 0.500. The number of benzene rings is 1. The molecule has 25 heavy (non-hydrogen) atoms. The van der Waals surface area contributed by atoms with Crippen LogP contribution in [0.15, 0.2) is 24.3 Å². The highest BCUT2D eigenvalue weighted by Crippen LogP contribution is 2.20. The molecule has 1 aliphatic heterocycles. The number of hydrogen-bond donors (Lipinski definition) is 0. The molecule has 1 fully saturated rings. The molecule has 0 bridgehead atoms. The Labute approximate surface area is 148 Å². The maximum absolute atomic E-state index is 12.4. The molecule has 0 atom stereocenters. The first kappa shape index (κ1) is 18.8. The third-order valence-corrected chi connectivity index (χ3v) is 3.70. The van der Waals surface area contributed by atoms with E-state index in [1.54, 1.807) is 64.0 Å². The second-order valence-corrected chi connectivity index (χ2v) is 7.19. The minimum Gasteiger partial charge on any atom is -0.444 e. The maximum atomic E-state index is 12.4. The molecule has 0 aromatic heterocycles. The predicted molar refractivity (Wildman–Crippen MR) is 94.6 cm³/mol. The first-order chi connectivity index (χ1) is 11.6. The van der Waals surface area contributed by atoms with Crippen LogP contribution in [-0.4, -0.2) is 67.0 Å². The molecule has 0 saturated carbocycles. The van der Waals surface area contributed by atoms with E-state index in [0.29, 0.717) is 24.3 Å². The van der Waals surface area contributed by atoms with E-state index in [1.165, 1.54) is 9.80 Å². The summed E-state index contributed by atoms with van der Waals surface area (Å²) in [5.41, 5.74) is 0.684. The van der Waals surface area contributed by atoms with E-state index in [-0.39, 0.29) is 18.4 Å². The lowest BCUT2D eigenvalue weighted by Gasteiger charge is -2.35. The number of carbonyl (C=O) groups excluding carboxylic acids is 3. The molecule has 1 saturated heterocycles. The summed E-state index contributed by atoms with van der Waals surface area (Å²) in [6.07, 6.45) is -0.479. The van der Waals surface area contributed by atoms with Gasteiger partial charge in [0.2, 0.25) is 5.91 Å². The van der Waals surface area contributed by atoms with Crippen LogP contribution in [0.2, 0.25) is 0 Å². The van der Waals surface area contributed by atoms with Crippen molar-refractivity contribution in [1.29, 1.82) is 0 Å². The van der Waals surface area contributed by atoms with E-state index in [9.17, 15) is 14.4 Å². The Kier molecular flexibility index (Phi) is 5.35. The minimum atomic E-state index is -0.591. The van der Waals surface area contributed by atoms with Crippen molar-refractivity contribution in [1.82, 2.24) is 9.80 Å². The molecular formula is C18H25N3O4. The van der Waals surface area contributed by atoms with E-state index in [2.05, 4.69) is 0 Å². The van der Waals surface area contributed by atoms with Crippen molar-refractivity contribution in [2.75, 3.05) is 38.6 Å². The molecule has 0 N–H and O–H groups in total. The number of carbonyl (C=O) groups is 3. The number of anilines is 1. The number of ether oxygens (including phenoxy) is 1. The molecule has 136 valence electrons. The summed E-state index contributed by atoms with van der Waals surface area (Å²) in [7, 11) is 3.38. The summed E-state index contributed by atoms with van der Waals surface area (Å²) in [6.45, 7) is 6.14. The Balaban J connectivity index is 2.03. The molecule has 0 aliphatic carbocycles. The predicted octanol–water partition coefficient (Wildman–Crippen LogP) is 1.97. The molecule has 7 heteroatoms. The standard InChI is InChI=1S/C18H25N3O4/c1-18(2,3)25-17(24)20-10-11-21(15(22)12-20)14-8-6-13(7-9-14)16(23)19(4)5/h6-9H,10-12H2,1-5H3. The monoisotopic (exact) mass is 347 g/mol. The zero-order chi connectivity index (χ0) is 18.8. The summed E-state index contributed by atoms with van der Waals surface area (Å²) < 4.78 is 5.31. The van der Waals surface area contributed by atoms with Gasteiger partial charge in [-0.1, -0.05) is 0 Å². The molecule has 3 amide bonds. The van der Waals surface area contributed by atoms with Crippen molar-refractivity contribution in [3.8, 4) is 0 Å². The van der Waals surface area contributed by atoms with Gasteiger partial charge in [-0.15, -0.1) is 0 Å². The Morgan fingerprint density at radius 3 is 2.16 bits per heavy atom. The molecular weight excluding hydrogens is 322 g/mol. The summed E-state index contributed by atoms with van der Waals surface area (Å²) in [6, 6.07) is 6.89. The highest BCUT2D eigenvalue weighted by molar-refractivity contribution is 5.98. The molecule has 7 nitrogen and oxygen atoms in total. The van der Waals surface area contributed by atoms with Gasteiger partial charge in [0.05, 0.1) is 0 Å².